The molecule has 7 aromatic carbocycles. The van der Waals surface area contributed by atoms with Crippen LogP contribution in [0.25, 0.3) is 101 Å². The van der Waals surface area contributed by atoms with Gasteiger partial charge in [-0.3, -0.25) is 0 Å². The van der Waals surface area contributed by atoms with E-state index < -0.39 is 0 Å². The van der Waals surface area contributed by atoms with Crippen molar-refractivity contribution in [3.05, 3.63) is 188 Å². The largest absolute Gasteiger partial charge is 0.456 e. The van der Waals surface area contributed by atoms with Crippen LogP contribution in [0.3, 0.4) is 0 Å². The minimum Gasteiger partial charge on any atom is -0.456 e. The Hall–Kier alpha value is -7.57. The molecule has 0 unspecified atom stereocenters. The van der Waals surface area contributed by atoms with Gasteiger partial charge in [0, 0.05) is 44.2 Å². The van der Waals surface area contributed by atoms with Crippen LogP contribution in [0, 0.1) is 0 Å². The molecule has 3 heterocycles. The molecule has 0 bridgehead atoms. The summed E-state index contributed by atoms with van der Waals surface area (Å²) >= 11 is 0. The first-order valence-corrected chi connectivity index (χ1v) is 18.2. The molecule has 0 saturated heterocycles. The number of hydrogen-bond donors (Lipinski definition) is 0. The summed E-state index contributed by atoms with van der Waals surface area (Å²) in [5, 5.41) is 2.05. The molecule has 10 aromatic rings. The second-order valence-corrected chi connectivity index (χ2v) is 13.3. The number of aromatic nitrogens is 5. The molecule has 3 aromatic heterocycles. The van der Waals surface area contributed by atoms with Crippen molar-refractivity contribution < 1.29 is 4.42 Å². The van der Waals surface area contributed by atoms with Crippen molar-refractivity contribution in [2.45, 2.75) is 0 Å². The second kappa shape index (κ2) is 13.8. The molecule has 0 saturated carbocycles. The summed E-state index contributed by atoms with van der Waals surface area (Å²) in [7, 11) is 0. The molecule has 0 radical (unpaired) electrons. The number of hydrogen-bond acceptors (Lipinski definition) is 6. The maximum absolute atomic E-state index is 6.45. The van der Waals surface area contributed by atoms with Gasteiger partial charge in [0.15, 0.2) is 23.3 Å². The number of fused-ring (bicyclic) bond motifs is 3. The zero-order valence-corrected chi connectivity index (χ0v) is 29.5. The van der Waals surface area contributed by atoms with E-state index >= 15 is 0 Å². The van der Waals surface area contributed by atoms with E-state index in [2.05, 4.69) is 72.8 Å². The molecule has 0 amide bonds. The molecule has 0 N–H and O–H groups in total. The molecule has 0 atom stereocenters. The molecule has 0 fully saturated rings. The van der Waals surface area contributed by atoms with Crippen LogP contribution >= 0.6 is 0 Å². The quantitative estimate of drug-likeness (QED) is 0.164. The smallest absolute Gasteiger partial charge is 0.164 e. The van der Waals surface area contributed by atoms with Crippen LogP contribution in [0.1, 0.15) is 0 Å². The molecular formula is C49H31N5O. The first kappa shape index (κ1) is 32.1. The third-order valence-corrected chi connectivity index (χ3v) is 9.75. The van der Waals surface area contributed by atoms with Crippen LogP contribution in [0.4, 0.5) is 0 Å². The first-order valence-electron chi connectivity index (χ1n) is 18.2. The summed E-state index contributed by atoms with van der Waals surface area (Å²) in [4.78, 5) is 25.5. The highest BCUT2D eigenvalue weighted by Gasteiger charge is 2.20. The fraction of sp³-hybridized carbons (Fsp3) is 0. The number of furan rings is 1. The lowest BCUT2D eigenvalue weighted by Gasteiger charge is -2.14. The highest BCUT2D eigenvalue weighted by Crippen LogP contribution is 2.40. The van der Waals surface area contributed by atoms with Gasteiger partial charge in [-0.25, -0.2) is 24.9 Å². The van der Waals surface area contributed by atoms with E-state index in [4.69, 9.17) is 29.3 Å². The van der Waals surface area contributed by atoms with Gasteiger partial charge in [0.05, 0.1) is 11.4 Å². The fourth-order valence-corrected chi connectivity index (χ4v) is 7.04. The maximum atomic E-state index is 6.45. The van der Waals surface area contributed by atoms with Crippen LogP contribution in [0.5, 0.6) is 0 Å². The SMILES string of the molecule is c1ccc(-c2cc(-c3ccccc3)nc(-c3cccc(-c4cc5c(cc4-c4nc(-c6ccccc6)nc(-c6ccccc6)n4)oc4ccccc45)c3)n2)cc1. The van der Waals surface area contributed by atoms with Crippen molar-refractivity contribution in [3.8, 4) is 79.2 Å². The molecule has 0 aliphatic carbocycles. The Morgan fingerprint density at radius 2 is 0.745 bits per heavy atom. The van der Waals surface area contributed by atoms with E-state index in [1.807, 2.05) is 115 Å². The topological polar surface area (TPSA) is 77.6 Å². The van der Waals surface area contributed by atoms with Gasteiger partial charge in [-0.2, -0.15) is 0 Å². The van der Waals surface area contributed by atoms with Crippen molar-refractivity contribution in [1.82, 2.24) is 24.9 Å². The summed E-state index contributed by atoms with van der Waals surface area (Å²) in [5.74, 6) is 2.36. The van der Waals surface area contributed by atoms with E-state index in [1.165, 1.54) is 0 Å². The lowest BCUT2D eigenvalue weighted by Crippen LogP contribution is -2.01. The summed E-state index contributed by atoms with van der Waals surface area (Å²) in [5.41, 5.74) is 10.8. The molecule has 6 heteroatoms. The van der Waals surface area contributed by atoms with Crippen molar-refractivity contribution in [2.24, 2.45) is 0 Å². The van der Waals surface area contributed by atoms with E-state index in [0.29, 0.717) is 23.3 Å². The Morgan fingerprint density at radius 1 is 0.273 bits per heavy atom. The minimum absolute atomic E-state index is 0.546. The van der Waals surface area contributed by atoms with Crippen LogP contribution in [0.2, 0.25) is 0 Å². The predicted molar refractivity (Wildman–Crippen MR) is 221 cm³/mol. The Balaban J connectivity index is 1.20. The molecule has 6 nitrogen and oxygen atoms in total. The monoisotopic (exact) mass is 705 g/mol. The van der Waals surface area contributed by atoms with Crippen molar-refractivity contribution in [2.75, 3.05) is 0 Å². The predicted octanol–water partition coefficient (Wildman–Crippen LogP) is 12.2. The minimum atomic E-state index is 0.546. The average Bonchev–Trinajstić information content (AvgIpc) is 3.64. The van der Waals surface area contributed by atoms with E-state index in [9.17, 15) is 0 Å². The fourth-order valence-electron chi connectivity index (χ4n) is 7.04. The van der Waals surface area contributed by atoms with E-state index in [-0.39, 0.29) is 0 Å². The van der Waals surface area contributed by atoms with Crippen LogP contribution in [0.15, 0.2) is 192 Å². The normalized spacial score (nSPS) is 11.3. The Bertz CT molecular complexity index is 2850. The van der Waals surface area contributed by atoms with Crippen LogP contribution in [-0.2, 0) is 0 Å². The Labute approximate surface area is 317 Å². The van der Waals surface area contributed by atoms with Crippen molar-refractivity contribution in [3.63, 3.8) is 0 Å². The lowest BCUT2D eigenvalue weighted by atomic mass is 9.95. The third-order valence-electron chi connectivity index (χ3n) is 9.75. The van der Waals surface area contributed by atoms with Gasteiger partial charge < -0.3 is 4.42 Å². The average molecular weight is 706 g/mol. The molecule has 0 spiro atoms. The lowest BCUT2D eigenvalue weighted by molar-refractivity contribution is 0.669. The maximum Gasteiger partial charge on any atom is 0.164 e. The summed E-state index contributed by atoms with van der Waals surface area (Å²) in [6.45, 7) is 0. The molecule has 258 valence electrons. The number of nitrogens with zero attached hydrogens (tertiary/aromatic N) is 5. The van der Waals surface area contributed by atoms with Gasteiger partial charge >= 0.3 is 0 Å². The number of para-hydroxylation sites is 1. The highest BCUT2D eigenvalue weighted by molar-refractivity contribution is 6.08. The van der Waals surface area contributed by atoms with Crippen LogP contribution < -0.4 is 0 Å². The third kappa shape index (κ3) is 6.22. The first-order chi connectivity index (χ1) is 27.2. The number of rotatable bonds is 7. The van der Waals surface area contributed by atoms with E-state index in [0.717, 1.165) is 77.8 Å². The van der Waals surface area contributed by atoms with E-state index in [1.54, 1.807) is 0 Å². The molecule has 10 rings (SSSR count). The molecular weight excluding hydrogens is 675 g/mol. The molecule has 0 aliphatic rings. The molecule has 55 heavy (non-hydrogen) atoms. The summed E-state index contributed by atoms with van der Waals surface area (Å²) < 4.78 is 6.45. The highest BCUT2D eigenvalue weighted by atomic mass is 16.3. The van der Waals surface area contributed by atoms with Gasteiger partial charge in [-0.1, -0.05) is 158 Å². The Morgan fingerprint density at radius 3 is 1.35 bits per heavy atom. The Kier molecular flexibility index (Phi) is 8.04. The van der Waals surface area contributed by atoms with Gasteiger partial charge in [0.25, 0.3) is 0 Å². The van der Waals surface area contributed by atoms with Gasteiger partial charge in [0.1, 0.15) is 11.2 Å². The zero-order valence-electron chi connectivity index (χ0n) is 29.5. The van der Waals surface area contributed by atoms with Gasteiger partial charge in [-0.15, -0.1) is 0 Å². The van der Waals surface area contributed by atoms with Crippen molar-refractivity contribution in [1.29, 1.82) is 0 Å². The molecule has 0 aliphatic heterocycles. The number of benzene rings is 7. The van der Waals surface area contributed by atoms with Crippen molar-refractivity contribution >= 4 is 21.9 Å². The van der Waals surface area contributed by atoms with Gasteiger partial charge in [-0.05, 0) is 41.5 Å². The van der Waals surface area contributed by atoms with Gasteiger partial charge in [0.2, 0.25) is 0 Å². The summed E-state index contributed by atoms with van der Waals surface area (Å²) in [6.07, 6.45) is 0. The van der Waals surface area contributed by atoms with Crippen LogP contribution in [-0.4, -0.2) is 24.9 Å². The standard InChI is InChI=1S/C49H31N5O/c1-5-16-32(17-6-1)42-31-43(33-18-7-2-8-19-33)51-48(50-42)37-25-15-24-36(28-37)39-29-40-38-26-13-14-27-44(38)55-45(40)30-41(39)49-53-46(34-20-9-3-10-21-34)52-47(54-49)35-22-11-4-12-23-35/h1-31H. The zero-order chi connectivity index (χ0) is 36.6. The second-order valence-electron chi connectivity index (χ2n) is 13.3. The summed E-state index contributed by atoms with van der Waals surface area (Å²) in [6, 6.07) is 63.4.